The number of ether oxygens (including phenoxy) is 2. The van der Waals surface area contributed by atoms with E-state index in [1.54, 1.807) is 13.8 Å². The molecule has 98 valence electrons. The lowest BCUT2D eigenvalue weighted by Gasteiger charge is -2.40. The van der Waals surface area contributed by atoms with Gasteiger partial charge < -0.3 is 24.8 Å². The van der Waals surface area contributed by atoms with E-state index >= 15 is 0 Å². The van der Waals surface area contributed by atoms with E-state index in [0.29, 0.717) is 0 Å². The van der Waals surface area contributed by atoms with Crippen LogP contribution in [0.4, 0.5) is 0 Å². The van der Waals surface area contributed by atoms with Gasteiger partial charge in [0.05, 0.1) is 18.8 Å². The molecule has 0 spiro atoms. The van der Waals surface area contributed by atoms with Crippen molar-refractivity contribution < 1.29 is 24.8 Å². The molecule has 0 saturated carbocycles. The number of rotatable bonds is 4. The molecule has 1 heterocycles. The number of hydrogen-bond donors (Lipinski definition) is 3. The third-order valence-electron chi connectivity index (χ3n) is 2.40. The lowest BCUT2D eigenvalue weighted by atomic mass is 9.99. The Balaban J connectivity index is 2.71. The Morgan fingerprint density at radius 2 is 1.94 bits per heavy atom. The van der Waals surface area contributed by atoms with Crippen molar-refractivity contribution in [3.8, 4) is 0 Å². The van der Waals surface area contributed by atoms with E-state index < -0.39 is 30.7 Å². The summed E-state index contributed by atoms with van der Waals surface area (Å²) in [4.78, 5) is 2.54. The van der Waals surface area contributed by atoms with Gasteiger partial charge in [-0.3, -0.25) is 0 Å². The van der Waals surface area contributed by atoms with Crippen LogP contribution in [0.5, 0.6) is 0 Å². The van der Waals surface area contributed by atoms with E-state index in [0.717, 1.165) is 0 Å². The molecule has 0 aromatic rings. The first-order valence-electron chi connectivity index (χ1n) is 5.33. The first kappa shape index (κ1) is 14.2. The summed E-state index contributed by atoms with van der Waals surface area (Å²) in [6.45, 7) is 3.35. The van der Waals surface area contributed by atoms with Gasteiger partial charge in [-0.25, -0.2) is 0 Å². The van der Waals surface area contributed by atoms with Crippen LogP contribution in [0.15, 0.2) is 5.11 Å². The Kier molecular flexibility index (Phi) is 5.13. The molecule has 0 amide bonds. The molecule has 1 saturated heterocycles. The number of azide groups is 1. The van der Waals surface area contributed by atoms with E-state index in [1.165, 1.54) is 0 Å². The Morgan fingerprint density at radius 1 is 1.29 bits per heavy atom. The molecular weight excluding hydrogens is 230 g/mol. The van der Waals surface area contributed by atoms with Crippen LogP contribution in [-0.4, -0.2) is 58.7 Å². The smallest absolute Gasteiger partial charge is 0.186 e. The Morgan fingerprint density at radius 3 is 2.47 bits per heavy atom. The molecule has 0 unspecified atom stereocenters. The minimum absolute atomic E-state index is 0.139. The fraction of sp³-hybridized carbons (Fsp3) is 1.00. The molecule has 0 aromatic heterocycles. The number of aliphatic hydroxyl groups is 3. The first-order chi connectivity index (χ1) is 7.97. The van der Waals surface area contributed by atoms with Crippen LogP contribution in [0.3, 0.4) is 0 Å². The fourth-order valence-corrected chi connectivity index (χ4v) is 1.57. The van der Waals surface area contributed by atoms with Crippen LogP contribution in [0.2, 0.25) is 0 Å². The Labute approximate surface area is 98.4 Å². The van der Waals surface area contributed by atoms with Gasteiger partial charge in [0, 0.05) is 4.91 Å². The number of aliphatic hydroxyl groups excluding tert-OH is 3. The number of hydrogen-bond acceptors (Lipinski definition) is 6. The third kappa shape index (κ3) is 3.53. The summed E-state index contributed by atoms with van der Waals surface area (Å²) in [5.41, 5.74) is 8.19. The minimum atomic E-state index is -1.40. The highest BCUT2D eigenvalue weighted by Crippen LogP contribution is 2.23. The molecule has 1 rings (SSSR count). The lowest BCUT2D eigenvalue weighted by Crippen LogP contribution is -2.59. The third-order valence-corrected chi connectivity index (χ3v) is 2.40. The molecule has 0 radical (unpaired) electrons. The zero-order valence-electron chi connectivity index (χ0n) is 9.67. The van der Waals surface area contributed by atoms with Crippen molar-refractivity contribution in [3.05, 3.63) is 10.4 Å². The largest absolute Gasteiger partial charge is 0.388 e. The standard InChI is InChI=1S/C9H17N3O5/c1-4(2)16-9-8(15)7(14)6(13)5(17-9)3-11-12-10/h4-9,13-15H,3H2,1-2H3/t5-,6+,7+,8-,9+/m0/s1. The van der Waals surface area contributed by atoms with Crippen LogP contribution in [0.1, 0.15) is 13.8 Å². The van der Waals surface area contributed by atoms with Crippen molar-refractivity contribution >= 4 is 0 Å². The van der Waals surface area contributed by atoms with Crippen LogP contribution in [0.25, 0.3) is 10.4 Å². The summed E-state index contributed by atoms with van der Waals surface area (Å²) in [6, 6.07) is 0. The predicted molar refractivity (Wildman–Crippen MR) is 56.9 cm³/mol. The fourth-order valence-electron chi connectivity index (χ4n) is 1.57. The summed E-state index contributed by atoms with van der Waals surface area (Å²) in [5, 5.41) is 32.1. The van der Waals surface area contributed by atoms with Gasteiger partial charge in [0.15, 0.2) is 6.29 Å². The van der Waals surface area contributed by atoms with Crippen LogP contribution in [-0.2, 0) is 9.47 Å². The van der Waals surface area contributed by atoms with Gasteiger partial charge in [0.25, 0.3) is 0 Å². The highest BCUT2D eigenvalue weighted by molar-refractivity contribution is 4.90. The molecule has 1 aliphatic rings. The summed E-state index contributed by atoms with van der Waals surface area (Å²) >= 11 is 0. The molecule has 8 heteroatoms. The van der Waals surface area contributed by atoms with E-state index in [-0.39, 0.29) is 12.6 Å². The quantitative estimate of drug-likeness (QED) is 0.351. The number of nitrogens with zero attached hydrogens (tertiary/aromatic N) is 3. The van der Waals surface area contributed by atoms with Gasteiger partial charge in [0.2, 0.25) is 0 Å². The second-order valence-electron chi connectivity index (χ2n) is 4.11. The van der Waals surface area contributed by atoms with Gasteiger partial charge in [-0.2, -0.15) is 0 Å². The van der Waals surface area contributed by atoms with Gasteiger partial charge >= 0.3 is 0 Å². The average molecular weight is 247 g/mol. The van der Waals surface area contributed by atoms with Crippen LogP contribution < -0.4 is 0 Å². The van der Waals surface area contributed by atoms with Crippen molar-refractivity contribution in [1.29, 1.82) is 0 Å². The van der Waals surface area contributed by atoms with Crippen molar-refractivity contribution in [2.24, 2.45) is 5.11 Å². The molecule has 0 bridgehead atoms. The predicted octanol–water partition coefficient (Wildman–Crippen LogP) is -0.471. The monoisotopic (exact) mass is 247 g/mol. The lowest BCUT2D eigenvalue weighted by molar-refractivity contribution is -0.302. The normalized spacial score (nSPS) is 37.9. The maximum atomic E-state index is 9.64. The van der Waals surface area contributed by atoms with E-state index in [1.807, 2.05) is 0 Å². The van der Waals surface area contributed by atoms with Gasteiger partial charge in [-0.1, -0.05) is 5.11 Å². The molecule has 1 fully saturated rings. The van der Waals surface area contributed by atoms with Crippen molar-refractivity contribution in [1.82, 2.24) is 0 Å². The highest BCUT2D eigenvalue weighted by Gasteiger charge is 2.44. The SMILES string of the molecule is CC(C)O[C@@H]1O[C@@H](CN=[N+]=[N-])[C@@H](O)[C@@H](O)[C@@H]1O. The first-order valence-corrected chi connectivity index (χ1v) is 5.33. The Bertz CT molecular complexity index is 294. The molecule has 1 aliphatic heterocycles. The van der Waals surface area contributed by atoms with Crippen molar-refractivity contribution in [2.75, 3.05) is 6.54 Å². The molecule has 17 heavy (non-hydrogen) atoms. The summed E-state index contributed by atoms with van der Waals surface area (Å²) in [7, 11) is 0. The second-order valence-corrected chi connectivity index (χ2v) is 4.11. The van der Waals surface area contributed by atoms with E-state index in [2.05, 4.69) is 10.0 Å². The molecular formula is C9H17N3O5. The molecule has 3 N–H and O–H groups in total. The maximum absolute atomic E-state index is 9.64. The molecule has 5 atom stereocenters. The second kappa shape index (κ2) is 6.15. The van der Waals surface area contributed by atoms with Crippen LogP contribution >= 0.6 is 0 Å². The maximum Gasteiger partial charge on any atom is 0.186 e. The van der Waals surface area contributed by atoms with E-state index in [9.17, 15) is 15.3 Å². The van der Waals surface area contributed by atoms with Gasteiger partial charge in [-0.05, 0) is 19.4 Å². The Hall–Kier alpha value is -0.890. The minimum Gasteiger partial charge on any atom is -0.388 e. The summed E-state index contributed by atoms with van der Waals surface area (Å²) < 4.78 is 10.5. The van der Waals surface area contributed by atoms with E-state index in [4.69, 9.17) is 15.0 Å². The van der Waals surface area contributed by atoms with Gasteiger partial charge in [-0.15, -0.1) is 0 Å². The van der Waals surface area contributed by atoms with Crippen molar-refractivity contribution in [2.45, 2.75) is 50.7 Å². The zero-order chi connectivity index (χ0) is 13.0. The average Bonchev–Trinajstić information content (AvgIpc) is 2.28. The summed E-state index contributed by atoms with van der Waals surface area (Å²) in [5.74, 6) is 0. The van der Waals surface area contributed by atoms with Gasteiger partial charge in [0.1, 0.15) is 18.3 Å². The zero-order valence-corrected chi connectivity index (χ0v) is 9.67. The molecule has 0 aromatic carbocycles. The highest BCUT2D eigenvalue weighted by atomic mass is 16.7. The summed E-state index contributed by atoms with van der Waals surface area (Å²) in [6.07, 6.45) is -6.21. The molecule has 0 aliphatic carbocycles. The molecule has 8 nitrogen and oxygen atoms in total. The van der Waals surface area contributed by atoms with Crippen molar-refractivity contribution in [3.63, 3.8) is 0 Å². The van der Waals surface area contributed by atoms with Crippen LogP contribution in [0, 0.1) is 0 Å². The topological polar surface area (TPSA) is 128 Å².